The lowest BCUT2D eigenvalue weighted by atomic mass is 10.0. The smallest absolute Gasteiger partial charge is 0.255 e. The van der Waals surface area contributed by atoms with E-state index in [0.29, 0.717) is 17.4 Å². The molecule has 0 saturated carbocycles. The first-order valence-corrected chi connectivity index (χ1v) is 8.53. The first-order chi connectivity index (χ1) is 11.7. The molecular weight excluding hydrogens is 300 g/mol. The van der Waals surface area contributed by atoms with Gasteiger partial charge in [-0.25, -0.2) is 0 Å². The Bertz CT molecular complexity index is 702. The van der Waals surface area contributed by atoms with Gasteiger partial charge in [0.25, 0.3) is 5.91 Å². The van der Waals surface area contributed by atoms with Crippen LogP contribution in [0.3, 0.4) is 0 Å². The zero-order valence-corrected chi connectivity index (χ0v) is 13.9. The van der Waals surface area contributed by atoms with E-state index in [1.807, 2.05) is 42.3 Å². The second kappa shape index (κ2) is 6.32. The number of aromatic nitrogens is 2. The summed E-state index contributed by atoms with van der Waals surface area (Å²) in [6.45, 7) is 6.66. The third-order valence-electron chi connectivity index (χ3n) is 5.12. The Morgan fingerprint density at radius 1 is 1.08 bits per heavy atom. The van der Waals surface area contributed by atoms with E-state index in [-0.39, 0.29) is 5.91 Å². The fourth-order valence-corrected chi connectivity index (χ4v) is 3.88. The van der Waals surface area contributed by atoms with Crippen LogP contribution in [0, 0.1) is 18.8 Å². The van der Waals surface area contributed by atoms with E-state index in [4.69, 9.17) is 0 Å². The van der Waals surface area contributed by atoms with Gasteiger partial charge in [-0.15, -0.1) is 0 Å². The zero-order chi connectivity index (χ0) is 16.5. The molecule has 2 atom stereocenters. The lowest BCUT2D eigenvalue weighted by molar-refractivity contribution is 0.0773. The van der Waals surface area contributed by atoms with Crippen molar-refractivity contribution in [2.75, 3.05) is 26.2 Å². The fourth-order valence-electron chi connectivity index (χ4n) is 3.88. The van der Waals surface area contributed by atoms with Crippen molar-refractivity contribution in [1.29, 1.82) is 0 Å². The lowest BCUT2D eigenvalue weighted by Gasteiger charge is -2.21. The number of amides is 1. The molecule has 5 heteroatoms. The van der Waals surface area contributed by atoms with Gasteiger partial charge in [-0.2, -0.15) is 0 Å². The van der Waals surface area contributed by atoms with Crippen LogP contribution >= 0.6 is 0 Å². The Kier molecular flexibility index (Phi) is 4.02. The fraction of sp³-hybridized carbons (Fsp3) is 0.421. The summed E-state index contributed by atoms with van der Waals surface area (Å²) >= 11 is 0. The average molecular weight is 322 g/mol. The number of pyridine rings is 2. The molecule has 5 nitrogen and oxygen atoms in total. The minimum atomic E-state index is 0.119. The van der Waals surface area contributed by atoms with Crippen LogP contribution in [-0.2, 0) is 6.54 Å². The lowest BCUT2D eigenvalue weighted by Crippen LogP contribution is -2.33. The van der Waals surface area contributed by atoms with Gasteiger partial charge < -0.3 is 4.90 Å². The van der Waals surface area contributed by atoms with E-state index >= 15 is 0 Å². The van der Waals surface area contributed by atoms with Gasteiger partial charge in [0.15, 0.2) is 0 Å². The molecule has 2 aliphatic rings. The van der Waals surface area contributed by atoms with Gasteiger partial charge >= 0.3 is 0 Å². The second-order valence-electron chi connectivity index (χ2n) is 6.93. The maximum atomic E-state index is 12.6. The van der Waals surface area contributed by atoms with Gasteiger partial charge in [-0.1, -0.05) is 6.07 Å². The predicted molar refractivity (Wildman–Crippen MR) is 91.4 cm³/mol. The maximum Gasteiger partial charge on any atom is 0.255 e. The van der Waals surface area contributed by atoms with E-state index in [2.05, 4.69) is 20.9 Å². The number of carbonyl (C=O) groups excluding carboxylic acids is 1. The molecule has 0 radical (unpaired) electrons. The van der Waals surface area contributed by atoms with Crippen molar-refractivity contribution in [3.63, 3.8) is 0 Å². The summed E-state index contributed by atoms with van der Waals surface area (Å²) in [5.41, 5.74) is 2.76. The van der Waals surface area contributed by atoms with Crippen LogP contribution in [0.2, 0.25) is 0 Å². The molecule has 124 valence electrons. The quantitative estimate of drug-likeness (QED) is 0.867. The highest BCUT2D eigenvalue weighted by Crippen LogP contribution is 2.32. The van der Waals surface area contributed by atoms with Crippen LogP contribution in [0.4, 0.5) is 0 Å². The molecule has 0 unspecified atom stereocenters. The van der Waals surface area contributed by atoms with Crippen molar-refractivity contribution in [2.45, 2.75) is 13.5 Å². The zero-order valence-electron chi connectivity index (χ0n) is 13.9. The van der Waals surface area contributed by atoms with Crippen LogP contribution < -0.4 is 0 Å². The Morgan fingerprint density at radius 3 is 2.50 bits per heavy atom. The van der Waals surface area contributed by atoms with Gasteiger partial charge in [0.05, 0.1) is 11.3 Å². The summed E-state index contributed by atoms with van der Waals surface area (Å²) in [4.78, 5) is 25.7. The Labute approximate surface area is 142 Å². The molecule has 4 heterocycles. The minimum Gasteiger partial charge on any atom is -0.338 e. The van der Waals surface area contributed by atoms with Crippen molar-refractivity contribution < 1.29 is 4.79 Å². The van der Waals surface area contributed by atoms with Crippen LogP contribution in [0.25, 0.3) is 0 Å². The van der Waals surface area contributed by atoms with Crippen LogP contribution in [-0.4, -0.2) is 51.9 Å². The monoisotopic (exact) mass is 322 g/mol. The number of rotatable bonds is 3. The van der Waals surface area contributed by atoms with E-state index in [1.54, 1.807) is 6.20 Å². The molecule has 4 rings (SSSR count). The normalized spacial score (nSPS) is 23.5. The SMILES string of the molecule is Cc1ccc(C(=O)N2C[C@H]3CN(Cc4ccccn4)C[C@H]3C2)cn1. The van der Waals surface area contributed by atoms with E-state index in [9.17, 15) is 4.79 Å². The van der Waals surface area contributed by atoms with E-state index < -0.39 is 0 Å². The average Bonchev–Trinajstić information content (AvgIpc) is 3.14. The number of hydrogen-bond acceptors (Lipinski definition) is 4. The highest BCUT2D eigenvalue weighted by atomic mass is 16.2. The molecule has 2 aromatic rings. The molecule has 0 bridgehead atoms. The van der Waals surface area contributed by atoms with Crippen LogP contribution in [0.5, 0.6) is 0 Å². The topological polar surface area (TPSA) is 49.3 Å². The Hall–Kier alpha value is -2.27. The van der Waals surface area contributed by atoms with Crippen molar-refractivity contribution >= 4 is 5.91 Å². The summed E-state index contributed by atoms with van der Waals surface area (Å²) in [5.74, 6) is 1.28. The molecule has 2 aromatic heterocycles. The van der Waals surface area contributed by atoms with E-state index in [0.717, 1.165) is 44.1 Å². The Balaban J connectivity index is 1.36. The minimum absolute atomic E-state index is 0.119. The number of nitrogens with zero attached hydrogens (tertiary/aromatic N) is 4. The largest absolute Gasteiger partial charge is 0.338 e. The molecule has 0 aromatic carbocycles. The Morgan fingerprint density at radius 2 is 1.88 bits per heavy atom. The van der Waals surface area contributed by atoms with E-state index in [1.165, 1.54) is 0 Å². The summed E-state index contributed by atoms with van der Waals surface area (Å²) in [7, 11) is 0. The van der Waals surface area contributed by atoms with Crippen molar-refractivity contribution in [3.8, 4) is 0 Å². The molecule has 2 fully saturated rings. The number of likely N-dealkylation sites (tertiary alicyclic amines) is 2. The van der Waals surface area contributed by atoms with Crippen molar-refractivity contribution in [1.82, 2.24) is 19.8 Å². The molecule has 0 N–H and O–H groups in total. The van der Waals surface area contributed by atoms with Gasteiger partial charge in [-0.05, 0) is 43.0 Å². The molecule has 0 spiro atoms. The highest BCUT2D eigenvalue weighted by molar-refractivity contribution is 5.94. The summed E-state index contributed by atoms with van der Waals surface area (Å²) in [5, 5.41) is 0. The first kappa shape index (κ1) is 15.3. The molecule has 24 heavy (non-hydrogen) atoms. The summed E-state index contributed by atoms with van der Waals surface area (Å²) in [6, 6.07) is 9.85. The number of carbonyl (C=O) groups is 1. The number of hydrogen-bond donors (Lipinski definition) is 0. The highest BCUT2D eigenvalue weighted by Gasteiger charge is 2.41. The summed E-state index contributed by atoms with van der Waals surface area (Å²) in [6.07, 6.45) is 3.54. The van der Waals surface area contributed by atoms with Crippen molar-refractivity contribution in [2.24, 2.45) is 11.8 Å². The van der Waals surface area contributed by atoms with Crippen molar-refractivity contribution in [3.05, 3.63) is 59.7 Å². The van der Waals surface area contributed by atoms with Gasteiger partial charge in [0.2, 0.25) is 0 Å². The summed E-state index contributed by atoms with van der Waals surface area (Å²) < 4.78 is 0. The van der Waals surface area contributed by atoms with Crippen LogP contribution in [0.15, 0.2) is 42.7 Å². The molecule has 1 amide bonds. The molecule has 2 aliphatic heterocycles. The van der Waals surface area contributed by atoms with Gasteiger partial charge in [0, 0.05) is 50.8 Å². The number of fused-ring (bicyclic) bond motifs is 1. The number of aryl methyl sites for hydroxylation is 1. The maximum absolute atomic E-state index is 12.6. The third-order valence-corrected chi connectivity index (χ3v) is 5.12. The standard InChI is InChI=1S/C19H22N4O/c1-14-5-6-15(8-21-14)19(24)23-11-16-9-22(10-17(16)12-23)13-18-4-2-3-7-20-18/h2-8,16-17H,9-13H2,1H3/t16-,17+. The molecule has 0 aliphatic carbocycles. The van der Waals surface area contributed by atoms with Gasteiger partial charge in [-0.3, -0.25) is 19.7 Å². The first-order valence-electron chi connectivity index (χ1n) is 8.53. The molecule has 2 saturated heterocycles. The molecular formula is C19H22N4O. The predicted octanol–water partition coefficient (Wildman–Crippen LogP) is 1.99. The van der Waals surface area contributed by atoms with Gasteiger partial charge in [0.1, 0.15) is 0 Å². The third kappa shape index (κ3) is 3.04. The second-order valence-corrected chi connectivity index (χ2v) is 6.93. The van der Waals surface area contributed by atoms with Crippen LogP contribution in [0.1, 0.15) is 21.7 Å².